The van der Waals surface area contributed by atoms with E-state index in [4.69, 9.17) is 4.74 Å². The Bertz CT molecular complexity index is 195. The zero-order chi connectivity index (χ0) is 9.23. The summed E-state index contributed by atoms with van der Waals surface area (Å²) in [5.74, 6) is 0. The van der Waals surface area contributed by atoms with Gasteiger partial charge in [0.15, 0.2) is 0 Å². The van der Waals surface area contributed by atoms with Crippen LogP contribution in [0.4, 0.5) is 0 Å². The van der Waals surface area contributed by atoms with Gasteiger partial charge in [0, 0.05) is 12.8 Å². The molecule has 0 bridgehead atoms. The molecule has 0 saturated carbocycles. The first-order chi connectivity index (χ1) is 5.85. The van der Waals surface area contributed by atoms with Crippen LogP contribution < -0.4 is 5.32 Å². The van der Waals surface area contributed by atoms with Gasteiger partial charge in [-0.3, -0.25) is 4.79 Å². The van der Waals surface area contributed by atoms with E-state index in [1.54, 1.807) is 31.4 Å². The first-order valence-electron chi connectivity index (χ1n) is 3.53. The Labute approximate surface area is 72.4 Å². The molecular weight excluding hydrogens is 154 g/mol. The minimum atomic E-state index is 0.523. The number of carbonyl (C=O) groups is 1. The molecule has 0 aliphatic heterocycles. The van der Waals surface area contributed by atoms with Crippen molar-refractivity contribution in [1.82, 2.24) is 5.32 Å². The molecule has 0 aromatic carbocycles. The third-order valence-electron chi connectivity index (χ3n) is 1.08. The Morgan fingerprint density at radius 1 is 1.67 bits per heavy atom. The average molecular weight is 167 g/mol. The lowest BCUT2D eigenvalue weighted by Crippen LogP contribution is -2.07. The van der Waals surface area contributed by atoms with Crippen molar-refractivity contribution in [1.29, 1.82) is 0 Å². The second kappa shape index (κ2) is 7.75. The number of allylic oxidation sites excluding steroid dienone is 3. The fraction of sp³-hybridized carbons (Fsp3) is 0.222. The predicted molar refractivity (Wildman–Crippen MR) is 48.5 cm³/mol. The molecule has 1 amide bonds. The second-order valence-electron chi connectivity index (χ2n) is 1.98. The molecule has 0 rings (SSSR count). The number of ether oxygens (including phenoxy) is 1. The number of hydrogen-bond donors (Lipinski definition) is 1. The summed E-state index contributed by atoms with van der Waals surface area (Å²) < 4.78 is 4.79. The van der Waals surface area contributed by atoms with Gasteiger partial charge in [0.1, 0.15) is 0 Å². The van der Waals surface area contributed by atoms with E-state index in [1.807, 2.05) is 0 Å². The van der Waals surface area contributed by atoms with Gasteiger partial charge < -0.3 is 10.1 Å². The first kappa shape index (κ1) is 10.7. The van der Waals surface area contributed by atoms with Gasteiger partial charge in [0.25, 0.3) is 0 Å². The summed E-state index contributed by atoms with van der Waals surface area (Å²) in [7, 11) is 1.61. The van der Waals surface area contributed by atoms with E-state index in [1.165, 1.54) is 0 Å². The van der Waals surface area contributed by atoms with Gasteiger partial charge in [-0.25, -0.2) is 0 Å². The smallest absolute Gasteiger partial charge is 0.211 e. The Hall–Kier alpha value is -1.35. The van der Waals surface area contributed by atoms with Crippen LogP contribution in [0.3, 0.4) is 0 Å². The van der Waals surface area contributed by atoms with Crippen molar-refractivity contribution in [2.75, 3.05) is 13.7 Å². The summed E-state index contributed by atoms with van der Waals surface area (Å²) in [5.41, 5.74) is 0.692. The topological polar surface area (TPSA) is 38.3 Å². The summed E-state index contributed by atoms with van der Waals surface area (Å²) in [6.45, 7) is 4.04. The molecule has 3 nitrogen and oxygen atoms in total. The van der Waals surface area contributed by atoms with Gasteiger partial charge in [0.2, 0.25) is 6.41 Å². The van der Waals surface area contributed by atoms with E-state index in [2.05, 4.69) is 11.9 Å². The van der Waals surface area contributed by atoms with Crippen molar-refractivity contribution < 1.29 is 9.53 Å². The molecule has 0 fully saturated rings. The van der Waals surface area contributed by atoms with Gasteiger partial charge in [-0.15, -0.1) is 0 Å². The minimum absolute atomic E-state index is 0.523. The number of carbonyl (C=O) groups excluding carboxylic acids is 1. The third kappa shape index (κ3) is 5.44. The zero-order valence-electron chi connectivity index (χ0n) is 7.12. The highest BCUT2D eigenvalue weighted by atomic mass is 16.5. The normalized spacial score (nSPS) is 11.6. The van der Waals surface area contributed by atoms with E-state index >= 15 is 0 Å². The highest BCUT2D eigenvalue weighted by molar-refractivity contribution is 5.52. The maximum atomic E-state index is 10.1. The lowest BCUT2D eigenvalue weighted by atomic mass is 10.3. The molecule has 0 unspecified atom stereocenters. The predicted octanol–water partition coefficient (Wildman–Crippen LogP) is 1.00. The van der Waals surface area contributed by atoms with Crippen LogP contribution in [0.15, 0.2) is 36.6 Å². The molecule has 0 aromatic rings. The van der Waals surface area contributed by atoms with Gasteiger partial charge in [-0.05, 0) is 12.2 Å². The van der Waals surface area contributed by atoms with Crippen LogP contribution in [-0.4, -0.2) is 20.1 Å². The van der Waals surface area contributed by atoms with E-state index in [9.17, 15) is 4.79 Å². The number of amides is 1. The number of rotatable bonds is 6. The first-order valence-corrected chi connectivity index (χ1v) is 3.53. The molecule has 1 N–H and O–H groups in total. The summed E-state index contributed by atoms with van der Waals surface area (Å²) in [6, 6.07) is 0. The van der Waals surface area contributed by atoms with Crippen LogP contribution in [0.25, 0.3) is 0 Å². The van der Waals surface area contributed by atoms with Crippen molar-refractivity contribution in [3.63, 3.8) is 0 Å². The fourth-order valence-electron chi connectivity index (χ4n) is 0.618. The Kier molecular flexibility index (Phi) is 6.88. The van der Waals surface area contributed by atoms with Crippen LogP contribution in [0, 0.1) is 0 Å². The van der Waals surface area contributed by atoms with Gasteiger partial charge >= 0.3 is 0 Å². The van der Waals surface area contributed by atoms with E-state index in [0.29, 0.717) is 18.7 Å². The zero-order valence-corrected chi connectivity index (χ0v) is 7.12. The molecule has 3 heteroatoms. The van der Waals surface area contributed by atoms with E-state index in [-0.39, 0.29) is 0 Å². The third-order valence-corrected chi connectivity index (χ3v) is 1.08. The molecular formula is C9H13NO2. The minimum Gasteiger partial charge on any atom is -0.381 e. The molecule has 12 heavy (non-hydrogen) atoms. The van der Waals surface area contributed by atoms with Gasteiger partial charge in [-0.1, -0.05) is 18.7 Å². The molecule has 0 saturated heterocycles. The largest absolute Gasteiger partial charge is 0.381 e. The fourth-order valence-corrected chi connectivity index (χ4v) is 0.618. The molecule has 66 valence electrons. The number of nitrogens with one attached hydrogen (secondary N) is 1. The Morgan fingerprint density at radius 2 is 2.42 bits per heavy atom. The Balaban J connectivity index is 4.02. The summed E-state index contributed by atoms with van der Waals surface area (Å²) in [5, 5.41) is 2.51. The van der Waals surface area contributed by atoms with E-state index < -0.39 is 0 Å². The van der Waals surface area contributed by atoms with Crippen molar-refractivity contribution in [2.45, 2.75) is 0 Å². The van der Waals surface area contributed by atoms with Crippen molar-refractivity contribution in [3.8, 4) is 0 Å². The number of methoxy groups -OCH3 is 1. The Morgan fingerprint density at radius 3 is 2.92 bits per heavy atom. The number of hydrogen-bond acceptors (Lipinski definition) is 2. The van der Waals surface area contributed by atoms with Crippen LogP contribution >= 0.6 is 0 Å². The summed E-state index contributed by atoms with van der Waals surface area (Å²) in [4.78, 5) is 10.1. The molecule has 0 aromatic heterocycles. The lowest BCUT2D eigenvalue weighted by Gasteiger charge is -1.96. The molecule has 0 radical (unpaired) electrons. The summed E-state index contributed by atoms with van der Waals surface area (Å²) in [6.07, 6.45) is 7.46. The maximum absolute atomic E-state index is 10.1. The van der Waals surface area contributed by atoms with Gasteiger partial charge in [-0.2, -0.15) is 0 Å². The highest BCUT2D eigenvalue weighted by Crippen LogP contribution is 1.90. The molecule has 0 atom stereocenters. The molecule has 0 aliphatic carbocycles. The molecule has 0 heterocycles. The molecule has 0 spiro atoms. The summed E-state index contributed by atoms with van der Waals surface area (Å²) >= 11 is 0. The van der Waals surface area contributed by atoms with Crippen LogP contribution in [0.1, 0.15) is 0 Å². The van der Waals surface area contributed by atoms with E-state index in [0.717, 1.165) is 0 Å². The standard InChI is InChI=1S/C9H13NO2/c1-3-5-9(10-8-11)6-4-7-12-2/h3-6,8H,1,7H2,2H3,(H,10,11)/b6-4-,9-5+. The molecule has 0 aliphatic rings. The second-order valence-corrected chi connectivity index (χ2v) is 1.98. The lowest BCUT2D eigenvalue weighted by molar-refractivity contribution is -0.108. The van der Waals surface area contributed by atoms with Crippen LogP contribution in [-0.2, 0) is 9.53 Å². The van der Waals surface area contributed by atoms with Crippen molar-refractivity contribution >= 4 is 6.41 Å². The van der Waals surface area contributed by atoms with Crippen molar-refractivity contribution in [3.05, 3.63) is 36.6 Å². The highest BCUT2D eigenvalue weighted by Gasteiger charge is 1.84. The maximum Gasteiger partial charge on any atom is 0.211 e. The van der Waals surface area contributed by atoms with Crippen molar-refractivity contribution in [2.24, 2.45) is 0 Å². The monoisotopic (exact) mass is 167 g/mol. The quantitative estimate of drug-likeness (QED) is 0.473. The van der Waals surface area contributed by atoms with Crippen LogP contribution in [0.5, 0.6) is 0 Å². The average Bonchev–Trinajstić information content (AvgIpc) is 2.06. The van der Waals surface area contributed by atoms with Gasteiger partial charge in [0.05, 0.1) is 6.61 Å². The SMILES string of the molecule is C=C/C=C(\C=C/COC)NC=O. The van der Waals surface area contributed by atoms with Crippen LogP contribution in [0.2, 0.25) is 0 Å².